The maximum Gasteiger partial charge on any atom is 0.254 e. The van der Waals surface area contributed by atoms with Gasteiger partial charge in [0.1, 0.15) is 5.75 Å². The highest BCUT2D eigenvalue weighted by atomic mass is 16.3. The summed E-state index contributed by atoms with van der Waals surface area (Å²) in [4.78, 5) is 14.9. The zero-order valence-corrected chi connectivity index (χ0v) is 12.8. The fourth-order valence-electron chi connectivity index (χ4n) is 3.11. The largest absolute Gasteiger partial charge is 0.508 e. The number of carbonyl (C=O) groups is 1. The number of aromatic hydroxyl groups is 1. The molecule has 21 heavy (non-hydrogen) atoms. The van der Waals surface area contributed by atoms with Crippen molar-refractivity contribution >= 4 is 5.91 Å². The van der Waals surface area contributed by atoms with Gasteiger partial charge < -0.3 is 15.7 Å². The minimum absolute atomic E-state index is 0.0312. The Kier molecular flexibility index (Phi) is 5.62. The Morgan fingerprint density at radius 3 is 2.71 bits per heavy atom. The zero-order chi connectivity index (χ0) is 15.2. The lowest BCUT2D eigenvalue weighted by Crippen LogP contribution is -2.42. The molecule has 0 aromatic heterocycles. The second kappa shape index (κ2) is 7.46. The molecule has 0 spiro atoms. The first-order chi connectivity index (χ1) is 10.1. The summed E-state index contributed by atoms with van der Waals surface area (Å²) in [6.45, 7) is 3.09. The molecule has 1 aromatic carbocycles. The summed E-state index contributed by atoms with van der Waals surface area (Å²) in [7, 11) is 0. The van der Waals surface area contributed by atoms with E-state index in [2.05, 4.69) is 0 Å². The van der Waals surface area contributed by atoms with E-state index in [0.29, 0.717) is 30.3 Å². The molecule has 1 aliphatic rings. The van der Waals surface area contributed by atoms with Gasteiger partial charge in [-0.2, -0.15) is 0 Å². The molecule has 3 N–H and O–H groups in total. The van der Waals surface area contributed by atoms with Crippen LogP contribution in [0.5, 0.6) is 5.75 Å². The fourth-order valence-corrected chi connectivity index (χ4v) is 3.11. The summed E-state index contributed by atoms with van der Waals surface area (Å²) in [6, 6.07) is 5.48. The van der Waals surface area contributed by atoms with E-state index in [0.717, 1.165) is 19.3 Å². The fraction of sp³-hybridized carbons (Fsp3) is 0.588. The van der Waals surface area contributed by atoms with Gasteiger partial charge >= 0.3 is 0 Å². The monoisotopic (exact) mass is 290 g/mol. The van der Waals surface area contributed by atoms with Crippen molar-refractivity contribution in [3.05, 3.63) is 29.3 Å². The van der Waals surface area contributed by atoms with Gasteiger partial charge in [-0.25, -0.2) is 0 Å². The first-order valence-corrected chi connectivity index (χ1v) is 7.94. The molecule has 1 amide bonds. The van der Waals surface area contributed by atoms with E-state index in [4.69, 9.17) is 5.73 Å². The highest BCUT2D eigenvalue weighted by Crippen LogP contribution is 2.26. The van der Waals surface area contributed by atoms with Gasteiger partial charge in [-0.15, -0.1) is 0 Å². The van der Waals surface area contributed by atoms with Crippen molar-refractivity contribution in [1.29, 1.82) is 0 Å². The molecule has 0 saturated heterocycles. The van der Waals surface area contributed by atoms with E-state index >= 15 is 0 Å². The quantitative estimate of drug-likeness (QED) is 0.876. The van der Waals surface area contributed by atoms with E-state index in [1.165, 1.54) is 19.3 Å². The highest BCUT2D eigenvalue weighted by molar-refractivity contribution is 5.96. The molecular weight excluding hydrogens is 264 g/mol. The topological polar surface area (TPSA) is 66.6 Å². The van der Waals surface area contributed by atoms with Crippen LogP contribution in [0.2, 0.25) is 0 Å². The van der Waals surface area contributed by atoms with E-state index in [9.17, 15) is 9.90 Å². The Morgan fingerprint density at radius 2 is 2.05 bits per heavy atom. The molecular formula is C17H26N2O2. The van der Waals surface area contributed by atoms with Crippen molar-refractivity contribution in [3.8, 4) is 5.75 Å². The Morgan fingerprint density at radius 1 is 1.33 bits per heavy atom. The van der Waals surface area contributed by atoms with Crippen molar-refractivity contribution in [2.75, 3.05) is 13.1 Å². The maximum absolute atomic E-state index is 12.9. The predicted molar refractivity (Wildman–Crippen MR) is 84.4 cm³/mol. The highest BCUT2D eigenvalue weighted by Gasteiger charge is 2.27. The first kappa shape index (κ1) is 15.8. The summed E-state index contributed by atoms with van der Waals surface area (Å²) in [5.41, 5.74) is 6.89. The number of carbonyl (C=O) groups excluding carboxylic acids is 1. The van der Waals surface area contributed by atoms with Crippen LogP contribution < -0.4 is 5.73 Å². The minimum Gasteiger partial charge on any atom is -0.508 e. The van der Waals surface area contributed by atoms with Gasteiger partial charge in [0.15, 0.2) is 0 Å². The van der Waals surface area contributed by atoms with Gasteiger partial charge in [-0.1, -0.05) is 25.3 Å². The van der Waals surface area contributed by atoms with Crippen molar-refractivity contribution in [3.63, 3.8) is 0 Å². The van der Waals surface area contributed by atoms with Gasteiger partial charge in [-0.3, -0.25) is 4.79 Å². The Bertz CT molecular complexity index is 482. The Balaban J connectivity index is 2.22. The van der Waals surface area contributed by atoms with Crippen molar-refractivity contribution < 1.29 is 9.90 Å². The molecule has 1 fully saturated rings. The lowest BCUT2D eigenvalue weighted by atomic mass is 9.93. The molecule has 0 heterocycles. The van der Waals surface area contributed by atoms with E-state index < -0.39 is 0 Å². The number of rotatable bonds is 5. The van der Waals surface area contributed by atoms with E-state index in [-0.39, 0.29) is 11.7 Å². The summed E-state index contributed by atoms with van der Waals surface area (Å²) < 4.78 is 0. The van der Waals surface area contributed by atoms with Gasteiger partial charge in [0, 0.05) is 23.7 Å². The van der Waals surface area contributed by atoms with Crippen LogP contribution in [0.4, 0.5) is 0 Å². The third-order valence-electron chi connectivity index (χ3n) is 4.42. The first-order valence-electron chi connectivity index (χ1n) is 7.94. The zero-order valence-electron chi connectivity index (χ0n) is 12.8. The van der Waals surface area contributed by atoms with Crippen LogP contribution in [0.15, 0.2) is 18.2 Å². The average Bonchev–Trinajstić information content (AvgIpc) is 2.51. The molecule has 0 atom stereocenters. The standard InChI is InChI=1S/C17H26N2O2/c1-13-15(9-5-10-16(13)20)17(21)19(12-6-11-18)14-7-3-2-4-8-14/h5,9-10,14,20H,2-4,6-8,11-12,18H2,1H3. The van der Waals surface area contributed by atoms with Gasteiger partial charge in [0.05, 0.1) is 0 Å². The third kappa shape index (κ3) is 3.76. The van der Waals surface area contributed by atoms with Gasteiger partial charge in [0.25, 0.3) is 5.91 Å². The smallest absolute Gasteiger partial charge is 0.254 e. The lowest BCUT2D eigenvalue weighted by molar-refractivity contribution is 0.0631. The van der Waals surface area contributed by atoms with Crippen molar-refractivity contribution in [2.45, 2.75) is 51.5 Å². The summed E-state index contributed by atoms with van der Waals surface area (Å²) >= 11 is 0. The minimum atomic E-state index is 0.0312. The molecule has 4 nitrogen and oxygen atoms in total. The molecule has 4 heteroatoms. The third-order valence-corrected chi connectivity index (χ3v) is 4.42. The number of hydrogen-bond acceptors (Lipinski definition) is 3. The van der Waals surface area contributed by atoms with Gasteiger partial charge in [0.2, 0.25) is 0 Å². The summed E-state index contributed by atoms with van der Waals surface area (Å²) in [5, 5.41) is 9.83. The number of benzene rings is 1. The van der Waals surface area contributed by atoms with Crippen molar-refractivity contribution in [1.82, 2.24) is 4.90 Å². The van der Waals surface area contributed by atoms with Crippen LogP contribution >= 0.6 is 0 Å². The number of hydrogen-bond donors (Lipinski definition) is 2. The molecule has 0 radical (unpaired) electrons. The Hall–Kier alpha value is -1.55. The number of phenolic OH excluding ortho intramolecular Hbond substituents is 1. The van der Waals surface area contributed by atoms with Crippen molar-refractivity contribution in [2.24, 2.45) is 5.73 Å². The van der Waals surface area contributed by atoms with Crippen LogP contribution in [0.25, 0.3) is 0 Å². The number of nitrogens with zero attached hydrogens (tertiary/aromatic N) is 1. The molecule has 0 aliphatic heterocycles. The number of nitrogens with two attached hydrogens (primary N) is 1. The molecule has 1 aliphatic carbocycles. The molecule has 116 valence electrons. The normalized spacial score (nSPS) is 15.9. The summed E-state index contributed by atoms with van der Waals surface area (Å²) in [5.74, 6) is 0.215. The van der Waals surface area contributed by atoms with Crippen LogP contribution in [0, 0.1) is 6.92 Å². The van der Waals surface area contributed by atoms with Crippen LogP contribution in [0.3, 0.4) is 0 Å². The SMILES string of the molecule is Cc1c(O)cccc1C(=O)N(CCCN)C1CCCCC1. The molecule has 0 bridgehead atoms. The van der Waals surface area contributed by atoms with Crippen LogP contribution in [-0.4, -0.2) is 35.0 Å². The van der Waals surface area contributed by atoms with E-state index in [1.54, 1.807) is 25.1 Å². The lowest BCUT2D eigenvalue weighted by Gasteiger charge is -2.35. The second-order valence-electron chi connectivity index (χ2n) is 5.88. The molecule has 0 unspecified atom stereocenters. The summed E-state index contributed by atoms with van der Waals surface area (Å²) in [6.07, 6.45) is 6.62. The second-order valence-corrected chi connectivity index (χ2v) is 5.88. The predicted octanol–water partition coefficient (Wildman–Crippen LogP) is 2.82. The van der Waals surface area contributed by atoms with E-state index in [1.807, 2.05) is 4.90 Å². The number of amides is 1. The van der Waals surface area contributed by atoms with Gasteiger partial charge in [-0.05, 0) is 44.9 Å². The molecule has 1 saturated carbocycles. The van der Waals surface area contributed by atoms with Crippen LogP contribution in [-0.2, 0) is 0 Å². The Labute approximate surface area is 126 Å². The molecule has 2 rings (SSSR count). The van der Waals surface area contributed by atoms with Crippen LogP contribution in [0.1, 0.15) is 54.4 Å². The molecule has 1 aromatic rings. The number of phenols is 1. The average molecular weight is 290 g/mol. The maximum atomic E-state index is 12.9.